The fourth-order valence-electron chi connectivity index (χ4n) is 2.93. The van der Waals surface area contributed by atoms with Crippen LogP contribution in [0.2, 0.25) is 0 Å². The lowest BCUT2D eigenvalue weighted by molar-refractivity contribution is -0.134. The predicted molar refractivity (Wildman–Crippen MR) is 122 cm³/mol. The number of hydrogen-bond donors (Lipinski definition) is 0. The van der Waals surface area contributed by atoms with Gasteiger partial charge >= 0.3 is 0 Å². The van der Waals surface area contributed by atoms with Crippen molar-refractivity contribution in [1.29, 1.82) is 0 Å². The van der Waals surface area contributed by atoms with Crippen LogP contribution in [0.1, 0.15) is 11.1 Å². The van der Waals surface area contributed by atoms with Crippen LogP contribution in [0.3, 0.4) is 0 Å². The summed E-state index contributed by atoms with van der Waals surface area (Å²) < 4.78 is 10.9. The largest absolute Gasteiger partial charge is 0.493 e. The molecule has 0 unspecified atom stereocenters. The lowest BCUT2D eigenvalue weighted by atomic mass is 10.2. The molecule has 0 N–H and O–H groups in total. The summed E-state index contributed by atoms with van der Waals surface area (Å²) in [5.41, 5.74) is 1.80. The molecule has 156 valence electrons. The lowest BCUT2D eigenvalue weighted by Crippen LogP contribution is -2.40. The normalized spacial score (nSPS) is 14.9. The number of thiocarbonyl (C=S) groups is 1. The summed E-state index contributed by atoms with van der Waals surface area (Å²) in [7, 11) is 4.83. The van der Waals surface area contributed by atoms with Crippen LogP contribution in [0.25, 0.3) is 6.08 Å². The smallest absolute Gasteiger partial charge is 0.266 e. The minimum atomic E-state index is -0.277. The fraction of sp³-hybridized carbons (Fsp3) is 0.227. The van der Waals surface area contributed by atoms with Crippen molar-refractivity contribution in [3.63, 3.8) is 0 Å². The molecule has 0 atom stereocenters. The zero-order valence-corrected chi connectivity index (χ0v) is 18.6. The van der Waals surface area contributed by atoms with Gasteiger partial charge in [0.15, 0.2) is 11.5 Å². The number of carbonyl (C=O) groups is 2. The van der Waals surface area contributed by atoms with Crippen LogP contribution in [-0.2, 0) is 16.1 Å². The molecule has 0 saturated carbocycles. The highest BCUT2D eigenvalue weighted by Gasteiger charge is 2.34. The number of methoxy groups -OCH3 is 2. The van der Waals surface area contributed by atoms with Gasteiger partial charge in [0.2, 0.25) is 5.91 Å². The Kier molecular flexibility index (Phi) is 7.12. The van der Waals surface area contributed by atoms with Crippen LogP contribution in [0.15, 0.2) is 53.4 Å². The quantitative estimate of drug-likeness (QED) is 0.483. The van der Waals surface area contributed by atoms with E-state index in [-0.39, 0.29) is 18.4 Å². The van der Waals surface area contributed by atoms with E-state index in [1.165, 1.54) is 16.7 Å². The lowest BCUT2D eigenvalue weighted by Gasteiger charge is -2.21. The zero-order chi connectivity index (χ0) is 21.7. The summed E-state index contributed by atoms with van der Waals surface area (Å²) in [6, 6.07) is 15.1. The molecule has 2 aromatic carbocycles. The number of hydrogen-bond acceptors (Lipinski definition) is 6. The molecule has 0 bridgehead atoms. The highest BCUT2D eigenvalue weighted by atomic mass is 32.2. The van der Waals surface area contributed by atoms with Gasteiger partial charge in [0.25, 0.3) is 5.91 Å². The fourth-order valence-corrected chi connectivity index (χ4v) is 4.19. The summed E-state index contributed by atoms with van der Waals surface area (Å²) in [5.74, 6) is 0.720. The molecule has 0 aliphatic carbocycles. The standard InChI is InChI=1S/C22H22N2O4S2/c1-23(13-15-7-5-4-6-8-15)20(25)14-24-21(26)19(30-22(24)29)12-16-9-10-17(27-2)18(11-16)28-3/h4-12H,13-14H2,1-3H3. The van der Waals surface area contributed by atoms with Crippen molar-refractivity contribution in [2.24, 2.45) is 0 Å². The van der Waals surface area contributed by atoms with Crippen molar-refractivity contribution < 1.29 is 19.1 Å². The van der Waals surface area contributed by atoms with Crippen molar-refractivity contribution in [3.05, 3.63) is 64.6 Å². The molecule has 1 fully saturated rings. The van der Waals surface area contributed by atoms with Gasteiger partial charge in [-0.1, -0.05) is 60.4 Å². The van der Waals surface area contributed by atoms with Crippen molar-refractivity contribution in [2.75, 3.05) is 27.8 Å². The summed E-state index contributed by atoms with van der Waals surface area (Å²) >= 11 is 6.53. The van der Waals surface area contributed by atoms with E-state index < -0.39 is 0 Å². The topological polar surface area (TPSA) is 59.1 Å². The molecule has 1 aliphatic rings. The number of carbonyl (C=O) groups excluding carboxylic acids is 2. The molecular formula is C22H22N2O4S2. The molecule has 0 radical (unpaired) electrons. The first-order valence-electron chi connectivity index (χ1n) is 9.18. The summed E-state index contributed by atoms with van der Waals surface area (Å²) in [6.07, 6.45) is 1.74. The number of nitrogens with zero attached hydrogens (tertiary/aromatic N) is 2. The number of thioether (sulfide) groups is 1. The van der Waals surface area contributed by atoms with Crippen LogP contribution in [0.4, 0.5) is 0 Å². The van der Waals surface area contributed by atoms with Gasteiger partial charge < -0.3 is 14.4 Å². The van der Waals surface area contributed by atoms with E-state index in [4.69, 9.17) is 21.7 Å². The maximum atomic E-state index is 12.8. The van der Waals surface area contributed by atoms with E-state index in [1.807, 2.05) is 36.4 Å². The van der Waals surface area contributed by atoms with Crippen LogP contribution in [0.5, 0.6) is 11.5 Å². The number of rotatable bonds is 7. The highest BCUT2D eigenvalue weighted by molar-refractivity contribution is 8.26. The van der Waals surface area contributed by atoms with Gasteiger partial charge in [0.05, 0.1) is 19.1 Å². The van der Waals surface area contributed by atoms with Crippen molar-refractivity contribution in [2.45, 2.75) is 6.54 Å². The van der Waals surface area contributed by atoms with Gasteiger partial charge in [-0.25, -0.2) is 0 Å². The summed E-state index contributed by atoms with van der Waals surface area (Å²) in [5, 5.41) is 0. The first-order chi connectivity index (χ1) is 14.4. The van der Waals surface area contributed by atoms with Crippen molar-refractivity contribution >= 4 is 46.2 Å². The molecule has 2 aromatic rings. The monoisotopic (exact) mass is 442 g/mol. The Morgan fingerprint density at radius 1 is 1.13 bits per heavy atom. The molecule has 0 spiro atoms. The second-order valence-electron chi connectivity index (χ2n) is 6.62. The SMILES string of the molecule is COc1ccc(C=C2SC(=S)N(CC(=O)N(C)Cc3ccccc3)C2=O)cc1OC. The van der Waals surface area contributed by atoms with Gasteiger partial charge in [0.1, 0.15) is 10.9 Å². The Hall–Kier alpha value is -2.84. The minimum absolute atomic E-state index is 0.0860. The average molecular weight is 443 g/mol. The van der Waals surface area contributed by atoms with Gasteiger partial charge in [-0.15, -0.1) is 0 Å². The first-order valence-corrected chi connectivity index (χ1v) is 10.4. The molecule has 30 heavy (non-hydrogen) atoms. The molecule has 8 heteroatoms. The number of benzene rings is 2. The maximum Gasteiger partial charge on any atom is 0.266 e. The van der Waals surface area contributed by atoms with Gasteiger partial charge in [0, 0.05) is 13.6 Å². The van der Waals surface area contributed by atoms with Crippen molar-refractivity contribution in [3.8, 4) is 11.5 Å². The average Bonchev–Trinajstić information content (AvgIpc) is 3.01. The Labute approximate surface area is 185 Å². The Morgan fingerprint density at radius 3 is 2.50 bits per heavy atom. The highest BCUT2D eigenvalue weighted by Crippen LogP contribution is 2.34. The predicted octanol–water partition coefficient (Wildman–Crippen LogP) is 3.56. The van der Waals surface area contributed by atoms with Crippen LogP contribution < -0.4 is 9.47 Å². The molecule has 0 aromatic heterocycles. The molecule has 1 saturated heterocycles. The van der Waals surface area contributed by atoms with E-state index in [9.17, 15) is 9.59 Å². The first kappa shape index (κ1) is 21.9. The maximum absolute atomic E-state index is 12.8. The molecule has 6 nitrogen and oxygen atoms in total. The van der Waals surface area contributed by atoms with Crippen LogP contribution in [0, 0.1) is 0 Å². The Balaban J connectivity index is 1.70. The van der Waals surface area contributed by atoms with E-state index in [2.05, 4.69) is 0 Å². The van der Waals surface area contributed by atoms with E-state index in [0.29, 0.717) is 27.3 Å². The molecule has 1 heterocycles. The van der Waals surface area contributed by atoms with E-state index in [1.54, 1.807) is 44.4 Å². The molecule has 1 aliphatic heterocycles. The second kappa shape index (κ2) is 9.77. The van der Waals surface area contributed by atoms with E-state index >= 15 is 0 Å². The minimum Gasteiger partial charge on any atom is -0.493 e. The second-order valence-corrected chi connectivity index (χ2v) is 8.29. The third kappa shape index (κ3) is 5.01. The Bertz CT molecular complexity index is 992. The Morgan fingerprint density at radius 2 is 1.83 bits per heavy atom. The zero-order valence-electron chi connectivity index (χ0n) is 17.0. The summed E-state index contributed by atoms with van der Waals surface area (Å²) in [4.78, 5) is 28.9. The third-order valence-corrected chi connectivity index (χ3v) is 5.94. The molecule has 3 rings (SSSR count). The van der Waals surface area contributed by atoms with E-state index in [0.717, 1.165) is 11.1 Å². The van der Waals surface area contributed by atoms with Gasteiger partial charge in [-0.05, 0) is 29.3 Å². The summed E-state index contributed by atoms with van der Waals surface area (Å²) in [6.45, 7) is 0.382. The molecular weight excluding hydrogens is 420 g/mol. The number of ether oxygens (including phenoxy) is 2. The number of amides is 2. The van der Waals surface area contributed by atoms with Gasteiger partial charge in [-0.3, -0.25) is 14.5 Å². The van der Waals surface area contributed by atoms with Crippen LogP contribution in [-0.4, -0.2) is 53.7 Å². The van der Waals surface area contributed by atoms with Crippen molar-refractivity contribution in [1.82, 2.24) is 9.80 Å². The van der Waals surface area contributed by atoms with Gasteiger partial charge in [-0.2, -0.15) is 0 Å². The third-order valence-electron chi connectivity index (χ3n) is 4.56. The molecule has 2 amide bonds. The van der Waals surface area contributed by atoms with Crippen LogP contribution >= 0.6 is 24.0 Å². The number of likely N-dealkylation sites (N-methyl/N-ethyl adjacent to an activating group) is 1.